The Labute approximate surface area is 72.5 Å². The van der Waals surface area contributed by atoms with E-state index in [0.717, 1.165) is 16.5 Å². The van der Waals surface area contributed by atoms with Crippen molar-refractivity contribution in [2.75, 3.05) is 0 Å². The fourth-order valence-corrected chi connectivity index (χ4v) is 1.40. The van der Waals surface area contributed by atoms with E-state index in [0.29, 0.717) is 0 Å². The van der Waals surface area contributed by atoms with Crippen LogP contribution in [-0.4, -0.2) is 17.9 Å². The molecule has 1 aromatic heterocycles. The summed E-state index contributed by atoms with van der Waals surface area (Å²) in [6, 6.07) is 8.14. The Kier molecular flexibility index (Phi) is 1.61. The molecule has 1 radical (unpaired) electrons. The minimum absolute atomic E-state index is 0.854. The molecule has 1 N–H and O–H groups in total. The summed E-state index contributed by atoms with van der Waals surface area (Å²) in [7, 11) is 5.72. The van der Waals surface area contributed by atoms with Crippen molar-refractivity contribution in [1.29, 1.82) is 0 Å². The van der Waals surface area contributed by atoms with E-state index in [9.17, 15) is 0 Å². The average Bonchev–Trinajstić information content (AvgIpc) is 2.47. The van der Waals surface area contributed by atoms with E-state index >= 15 is 0 Å². The van der Waals surface area contributed by atoms with Crippen molar-refractivity contribution in [3.8, 4) is 0 Å². The Hall–Kier alpha value is -1.31. The summed E-state index contributed by atoms with van der Waals surface area (Å²) >= 11 is 0. The van der Waals surface area contributed by atoms with Crippen molar-refractivity contribution in [3.63, 3.8) is 0 Å². The molecule has 0 bridgehead atoms. The van der Waals surface area contributed by atoms with Crippen LogP contribution in [0.5, 0.6) is 0 Å². The standard InChI is InChI=1S/C10H9BN/c1-7(11)9-6-12-10-5-3-2-4-8(9)10/h2-6,12H,1H3. The van der Waals surface area contributed by atoms with Crippen molar-refractivity contribution in [3.05, 3.63) is 36.0 Å². The van der Waals surface area contributed by atoms with Gasteiger partial charge in [-0.2, -0.15) is 0 Å². The van der Waals surface area contributed by atoms with Gasteiger partial charge in [0.15, 0.2) is 0 Å². The van der Waals surface area contributed by atoms with Crippen LogP contribution >= 0.6 is 0 Å². The van der Waals surface area contributed by atoms with Gasteiger partial charge in [0.1, 0.15) is 0 Å². The summed E-state index contributed by atoms with van der Waals surface area (Å²) < 4.78 is 0. The molecule has 0 spiro atoms. The molecule has 0 fully saturated rings. The van der Waals surface area contributed by atoms with Crippen LogP contribution in [-0.2, 0) is 0 Å². The fraction of sp³-hybridized carbons (Fsp3) is 0.100. The molecule has 57 valence electrons. The summed E-state index contributed by atoms with van der Waals surface area (Å²) in [6.07, 6.45) is 1.94. The molecule has 12 heavy (non-hydrogen) atoms. The molecule has 0 aliphatic heterocycles. The van der Waals surface area contributed by atoms with E-state index in [1.807, 2.05) is 31.3 Å². The monoisotopic (exact) mass is 154 g/mol. The Morgan fingerprint density at radius 1 is 1.33 bits per heavy atom. The average molecular weight is 154 g/mol. The van der Waals surface area contributed by atoms with Gasteiger partial charge in [0.05, 0.1) is 0 Å². The second kappa shape index (κ2) is 2.63. The van der Waals surface area contributed by atoms with Gasteiger partial charge in [0.25, 0.3) is 0 Å². The van der Waals surface area contributed by atoms with Crippen molar-refractivity contribution < 1.29 is 0 Å². The number of nitrogens with one attached hydrogen (secondary N) is 1. The number of benzene rings is 1. The normalized spacial score (nSPS) is 10.3. The van der Waals surface area contributed by atoms with E-state index in [2.05, 4.69) is 11.1 Å². The van der Waals surface area contributed by atoms with Crippen LogP contribution in [0.25, 0.3) is 10.9 Å². The molecule has 0 saturated carbocycles. The number of hydrogen-bond acceptors (Lipinski definition) is 0. The topological polar surface area (TPSA) is 15.8 Å². The van der Waals surface area contributed by atoms with Crippen LogP contribution in [0.3, 0.4) is 0 Å². The van der Waals surface area contributed by atoms with Crippen molar-refractivity contribution >= 4 is 23.9 Å². The van der Waals surface area contributed by atoms with Crippen molar-refractivity contribution in [2.45, 2.75) is 6.92 Å². The minimum atomic E-state index is 0.854. The van der Waals surface area contributed by atoms with E-state index in [-0.39, 0.29) is 0 Å². The first kappa shape index (κ1) is 7.35. The third-order valence-electron chi connectivity index (χ3n) is 2.01. The number of H-pyrrole nitrogens is 1. The third-order valence-corrected chi connectivity index (χ3v) is 2.01. The second-order valence-electron chi connectivity index (χ2n) is 2.93. The molecule has 1 heterocycles. The van der Waals surface area contributed by atoms with Crippen molar-refractivity contribution in [2.24, 2.45) is 0 Å². The summed E-state index contributed by atoms with van der Waals surface area (Å²) in [4.78, 5) is 3.17. The predicted molar refractivity (Wildman–Crippen MR) is 53.8 cm³/mol. The van der Waals surface area contributed by atoms with E-state index in [1.165, 1.54) is 5.39 Å². The summed E-state index contributed by atoms with van der Waals surface area (Å²) in [5.74, 6) is 0. The molecule has 1 nitrogen and oxygen atoms in total. The van der Waals surface area contributed by atoms with Gasteiger partial charge in [-0.05, 0) is 0 Å². The fourth-order valence-electron chi connectivity index (χ4n) is 1.40. The first-order chi connectivity index (χ1) is 5.79. The molecule has 2 rings (SSSR count). The van der Waals surface area contributed by atoms with Gasteiger partial charge in [-0.1, -0.05) is 0 Å². The third kappa shape index (κ3) is 1.000. The zero-order chi connectivity index (χ0) is 8.55. The summed E-state index contributed by atoms with van der Waals surface area (Å²) in [5, 5.41) is 1.19. The number of aromatic nitrogens is 1. The second-order valence-corrected chi connectivity index (χ2v) is 2.93. The van der Waals surface area contributed by atoms with Crippen LogP contribution < -0.4 is 0 Å². The summed E-state index contributed by atoms with van der Waals surface area (Å²) in [6.45, 7) is 1.91. The van der Waals surface area contributed by atoms with Gasteiger partial charge < -0.3 is 0 Å². The summed E-state index contributed by atoms with van der Waals surface area (Å²) in [5.41, 5.74) is 3.09. The number of fused-ring (bicyclic) bond motifs is 1. The first-order valence-electron chi connectivity index (χ1n) is 3.94. The zero-order valence-electron chi connectivity index (χ0n) is 6.96. The molecule has 0 aliphatic carbocycles. The molecule has 1 aromatic carbocycles. The molecular weight excluding hydrogens is 145 g/mol. The van der Waals surface area contributed by atoms with Crippen LogP contribution in [0, 0.1) is 0 Å². The Balaban J connectivity index is 2.79. The van der Waals surface area contributed by atoms with Crippen LogP contribution in [0.4, 0.5) is 0 Å². The number of hydrogen-bond donors (Lipinski definition) is 1. The van der Waals surface area contributed by atoms with Crippen LogP contribution in [0.2, 0.25) is 0 Å². The number of aromatic amines is 1. The van der Waals surface area contributed by atoms with Gasteiger partial charge in [-0.3, -0.25) is 0 Å². The SMILES string of the molecule is [B]=C(C)c1c[nH]c2ccccc12. The molecule has 0 saturated heterocycles. The molecule has 2 aromatic rings. The molecule has 0 aliphatic rings. The van der Waals surface area contributed by atoms with Crippen molar-refractivity contribution in [1.82, 2.24) is 4.98 Å². The zero-order valence-corrected chi connectivity index (χ0v) is 6.96. The number of rotatable bonds is 1. The molecule has 0 amide bonds. The van der Waals surface area contributed by atoms with E-state index < -0.39 is 0 Å². The Morgan fingerprint density at radius 2 is 2.08 bits per heavy atom. The van der Waals surface area contributed by atoms with Crippen LogP contribution in [0.1, 0.15) is 12.5 Å². The number of para-hydroxylation sites is 1. The van der Waals surface area contributed by atoms with Crippen LogP contribution in [0.15, 0.2) is 30.5 Å². The maximum atomic E-state index is 5.72. The maximum absolute atomic E-state index is 5.72. The molecule has 0 unspecified atom stereocenters. The van der Waals surface area contributed by atoms with Gasteiger partial charge in [-0.25, -0.2) is 0 Å². The first-order valence-corrected chi connectivity index (χ1v) is 3.94. The Morgan fingerprint density at radius 3 is 2.83 bits per heavy atom. The molecule has 0 atom stereocenters. The van der Waals surface area contributed by atoms with E-state index in [1.54, 1.807) is 0 Å². The van der Waals surface area contributed by atoms with E-state index in [4.69, 9.17) is 7.49 Å². The molecule has 2 heteroatoms. The predicted octanol–water partition coefficient (Wildman–Crippen LogP) is 1.88. The van der Waals surface area contributed by atoms with Gasteiger partial charge in [-0.15, -0.1) is 0 Å². The van der Waals surface area contributed by atoms with Gasteiger partial charge >= 0.3 is 71.8 Å². The van der Waals surface area contributed by atoms with Gasteiger partial charge in [0, 0.05) is 0 Å². The Bertz CT molecular complexity index is 428. The quantitative estimate of drug-likeness (QED) is 0.603. The van der Waals surface area contributed by atoms with Gasteiger partial charge in [0.2, 0.25) is 0 Å². The molecular formula is C10H9BN.